The van der Waals surface area contributed by atoms with Crippen LogP contribution in [0.2, 0.25) is 5.02 Å². The third-order valence-electron chi connectivity index (χ3n) is 2.89. The molecular formula is C15H16ClN3O2S. The first kappa shape index (κ1) is 16.5. The van der Waals surface area contributed by atoms with Gasteiger partial charge in [-0.05, 0) is 13.0 Å². The first-order valence-corrected chi connectivity index (χ1v) is 7.93. The van der Waals surface area contributed by atoms with Gasteiger partial charge >= 0.3 is 0 Å². The number of nitrogens with one attached hydrogen (secondary N) is 2. The molecule has 2 amide bonds. The van der Waals surface area contributed by atoms with Crippen molar-refractivity contribution in [3.8, 4) is 10.6 Å². The Kier molecular flexibility index (Phi) is 5.51. The monoisotopic (exact) mass is 337 g/mol. The summed E-state index contributed by atoms with van der Waals surface area (Å²) in [7, 11) is 0. The molecule has 7 heteroatoms. The minimum Gasteiger partial charge on any atom is -0.355 e. The maximum absolute atomic E-state index is 12.2. The number of carbonyl (C=O) groups is 2. The lowest BCUT2D eigenvalue weighted by Crippen LogP contribution is -2.33. The second kappa shape index (κ2) is 7.38. The summed E-state index contributed by atoms with van der Waals surface area (Å²) in [6, 6.07) is 7.40. The van der Waals surface area contributed by atoms with Crippen molar-refractivity contribution in [1.82, 2.24) is 15.6 Å². The fraction of sp³-hybridized carbons (Fsp3) is 0.267. The van der Waals surface area contributed by atoms with Crippen molar-refractivity contribution in [2.45, 2.75) is 13.8 Å². The minimum absolute atomic E-state index is 0.121. The van der Waals surface area contributed by atoms with Crippen LogP contribution in [0.5, 0.6) is 0 Å². The molecule has 0 spiro atoms. The van der Waals surface area contributed by atoms with E-state index in [0.29, 0.717) is 28.7 Å². The third-order valence-corrected chi connectivity index (χ3v) is 4.41. The van der Waals surface area contributed by atoms with Gasteiger partial charge in [0.1, 0.15) is 9.88 Å². The summed E-state index contributed by atoms with van der Waals surface area (Å²) in [5.74, 6) is -0.317. The summed E-state index contributed by atoms with van der Waals surface area (Å²) < 4.78 is 0. The van der Waals surface area contributed by atoms with Crippen molar-refractivity contribution in [1.29, 1.82) is 0 Å². The van der Waals surface area contributed by atoms with E-state index in [2.05, 4.69) is 15.6 Å². The van der Waals surface area contributed by atoms with Gasteiger partial charge in [-0.25, -0.2) is 4.98 Å². The molecule has 1 aromatic carbocycles. The smallest absolute Gasteiger partial charge is 0.263 e. The number of hydrogen-bond donors (Lipinski definition) is 2. The van der Waals surface area contributed by atoms with E-state index in [4.69, 9.17) is 11.6 Å². The average molecular weight is 338 g/mol. The van der Waals surface area contributed by atoms with E-state index >= 15 is 0 Å². The molecule has 1 aromatic heterocycles. The van der Waals surface area contributed by atoms with E-state index in [1.54, 1.807) is 13.0 Å². The van der Waals surface area contributed by atoms with Gasteiger partial charge in [0, 0.05) is 25.6 Å². The molecule has 0 atom stereocenters. The van der Waals surface area contributed by atoms with Crippen LogP contribution >= 0.6 is 22.9 Å². The Balaban J connectivity index is 2.08. The standard InChI is InChI=1S/C15H16ClN3O2S/c1-9-13(14(21)18-8-7-17-10(2)20)22-15(19-9)11-5-3-4-6-12(11)16/h3-6H,7-8H2,1-2H3,(H,17,20)(H,18,21). The molecule has 116 valence electrons. The average Bonchev–Trinajstić information content (AvgIpc) is 2.85. The van der Waals surface area contributed by atoms with Gasteiger partial charge in [-0.1, -0.05) is 29.8 Å². The highest BCUT2D eigenvalue weighted by Crippen LogP contribution is 2.32. The second-order valence-electron chi connectivity index (χ2n) is 4.65. The fourth-order valence-corrected chi connectivity index (χ4v) is 3.16. The number of rotatable bonds is 5. The maximum atomic E-state index is 12.2. The molecule has 5 nitrogen and oxygen atoms in total. The Hall–Kier alpha value is -1.92. The fourth-order valence-electron chi connectivity index (χ4n) is 1.85. The number of benzene rings is 1. The van der Waals surface area contributed by atoms with Gasteiger partial charge in [-0.15, -0.1) is 11.3 Å². The van der Waals surface area contributed by atoms with Crippen molar-refractivity contribution in [2.75, 3.05) is 13.1 Å². The van der Waals surface area contributed by atoms with Crippen LogP contribution in [0.1, 0.15) is 22.3 Å². The van der Waals surface area contributed by atoms with Gasteiger partial charge in [0.25, 0.3) is 5.91 Å². The Labute approximate surface area is 137 Å². The topological polar surface area (TPSA) is 71.1 Å². The van der Waals surface area contributed by atoms with Crippen LogP contribution in [0.3, 0.4) is 0 Å². The zero-order valence-electron chi connectivity index (χ0n) is 12.3. The zero-order valence-corrected chi connectivity index (χ0v) is 13.8. The summed E-state index contributed by atoms with van der Waals surface area (Å²) in [4.78, 5) is 27.9. The number of amides is 2. The molecule has 0 radical (unpaired) electrons. The van der Waals surface area contributed by atoms with Crippen LogP contribution in [0.4, 0.5) is 0 Å². The van der Waals surface area contributed by atoms with E-state index in [-0.39, 0.29) is 11.8 Å². The SMILES string of the molecule is CC(=O)NCCNC(=O)c1sc(-c2ccccc2Cl)nc1C. The number of aromatic nitrogens is 1. The lowest BCUT2D eigenvalue weighted by atomic mass is 10.2. The largest absolute Gasteiger partial charge is 0.355 e. The molecule has 0 unspecified atom stereocenters. The molecule has 2 N–H and O–H groups in total. The van der Waals surface area contributed by atoms with Crippen molar-refractivity contribution < 1.29 is 9.59 Å². The van der Waals surface area contributed by atoms with Crippen LogP contribution in [0, 0.1) is 6.92 Å². The van der Waals surface area contributed by atoms with Crippen molar-refractivity contribution in [3.05, 3.63) is 39.9 Å². The van der Waals surface area contributed by atoms with Gasteiger partial charge < -0.3 is 10.6 Å². The molecule has 2 rings (SSSR count). The Morgan fingerprint density at radius 3 is 2.59 bits per heavy atom. The lowest BCUT2D eigenvalue weighted by Gasteiger charge is -2.04. The first-order chi connectivity index (χ1) is 10.5. The van der Waals surface area contributed by atoms with Crippen LogP contribution in [-0.4, -0.2) is 29.9 Å². The van der Waals surface area contributed by atoms with Crippen molar-refractivity contribution in [3.63, 3.8) is 0 Å². The normalized spacial score (nSPS) is 10.3. The number of carbonyl (C=O) groups excluding carboxylic acids is 2. The Bertz CT molecular complexity index is 700. The van der Waals surface area contributed by atoms with Gasteiger partial charge in [0.05, 0.1) is 10.7 Å². The van der Waals surface area contributed by atoms with Gasteiger partial charge in [0.2, 0.25) is 5.91 Å². The third kappa shape index (κ3) is 4.05. The number of nitrogens with zero attached hydrogens (tertiary/aromatic N) is 1. The second-order valence-corrected chi connectivity index (χ2v) is 6.06. The van der Waals surface area contributed by atoms with Crippen LogP contribution in [0.25, 0.3) is 10.6 Å². The quantitative estimate of drug-likeness (QED) is 0.824. The highest BCUT2D eigenvalue weighted by atomic mass is 35.5. The molecule has 0 aliphatic carbocycles. The predicted molar refractivity (Wildman–Crippen MR) is 88.3 cm³/mol. The Morgan fingerprint density at radius 1 is 1.23 bits per heavy atom. The molecule has 0 fully saturated rings. The summed E-state index contributed by atoms with van der Waals surface area (Å²) in [5, 5.41) is 6.70. The number of thiazole rings is 1. The molecule has 1 heterocycles. The minimum atomic E-state index is -0.196. The van der Waals surface area contributed by atoms with Crippen LogP contribution in [-0.2, 0) is 4.79 Å². The summed E-state index contributed by atoms with van der Waals surface area (Å²) in [6.45, 7) is 4.00. The van der Waals surface area contributed by atoms with E-state index in [9.17, 15) is 9.59 Å². The van der Waals surface area contributed by atoms with E-state index in [1.165, 1.54) is 18.3 Å². The van der Waals surface area contributed by atoms with Gasteiger partial charge in [-0.2, -0.15) is 0 Å². The molecule has 2 aromatic rings. The van der Waals surface area contributed by atoms with Crippen LogP contribution in [0.15, 0.2) is 24.3 Å². The number of aryl methyl sites for hydroxylation is 1. The van der Waals surface area contributed by atoms with E-state index in [0.717, 1.165) is 10.6 Å². The Morgan fingerprint density at radius 2 is 1.91 bits per heavy atom. The predicted octanol–water partition coefficient (Wildman–Crippen LogP) is 2.64. The summed E-state index contributed by atoms with van der Waals surface area (Å²) >= 11 is 7.46. The molecule has 0 bridgehead atoms. The van der Waals surface area contributed by atoms with Crippen LogP contribution < -0.4 is 10.6 Å². The van der Waals surface area contributed by atoms with E-state index in [1.807, 2.05) is 18.2 Å². The molecule has 0 saturated heterocycles. The van der Waals surface area contributed by atoms with Crippen molar-refractivity contribution in [2.24, 2.45) is 0 Å². The number of halogens is 1. The molecule has 22 heavy (non-hydrogen) atoms. The van der Waals surface area contributed by atoms with Gasteiger partial charge in [-0.3, -0.25) is 9.59 Å². The van der Waals surface area contributed by atoms with E-state index < -0.39 is 0 Å². The zero-order chi connectivity index (χ0) is 16.1. The molecule has 0 aliphatic heterocycles. The van der Waals surface area contributed by atoms with Crippen molar-refractivity contribution >= 4 is 34.8 Å². The lowest BCUT2D eigenvalue weighted by molar-refractivity contribution is -0.118. The first-order valence-electron chi connectivity index (χ1n) is 6.74. The highest BCUT2D eigenvalue weighted by Gasteiger charge is 2.17. The highest BCUT2D eigenvalue weighted by molar-refractivity contribution is 7.17. The molecular weight excluding hydrogens is 322 g/mol. The van der Waals surface area contributed by atoms with Gasteiger partial charge in [0.15, 0.2) is 0 Å². The summed E-state index contributed by atoms with van der Waals surface area (Å²) in [6.07, 6.45) is 0. The molecule has 0 aliphatic rings. The maximum Gasteiger partial charge on any atom is 0.263 e. The molecule has 0 saturated carbocycles. The summed E-state index contributed by atoms with van der Waals surface area (Å²) in [5.41, 5.74) is 1.48. The number of hydrogen-bond acceptors (Lipinski definition) is 4.